The van der Waals surface area contributed by atoms with E-state index in [1.165, 1.54) is 0 Å². The summed E-state index contributed by atoms with van der Waals surface area (Å²) in [7, 11) is 0. The Labute approximate surface area is 64.1 Å². The zero-order chi connectivity index (χ0) is 9.30. The van der Waals surface area contributed by atoms with Gasteiger partial charge in [0.15, 0.2) is 6.20 Å². The molecule has 12 heavy (non-hydrogen) atoms. The third-order valence-electron chi connectivity index (χ3n) is 1.05. The molecule has 0 radical (unpaired) electrons. The number of hydrogen-bond acceptors (Lipinski definition) is 6. The molecule has 0 saturated carbocycles. The minimum absolute atomic E-state index is 0.194. The molecule has 1 aromatic rings. The topological polar surface area (TPSA) is 124 Å². The highest BCUT2D eigenvalue weighted by atomic mass is 16.7. The summed E-state index contributed by atoms with van der Waals surface area (Å²) < 4.78 is -0.194. The van der Waals surface area contributed by atoms with Gasteiger partial charge in [0.05, 0.1) is 0 Å². The van der Waals surface area contributed by atoms with E-state index in [4.69, 9.17) is 5.21 Å². The van der Waals surface area contributed by atoms with Crippen molar-refractivity contribution in [3.63, 3.8) is 0 Å². The molecule has 0 aliphatic heterocycles. The Bertz CT molecular complexity index is 311. The fourth-order valence-corrected chi connectivity index (χ4v) is 0.576. The summed E-state index contributed by atoms with van der Waals surface area (Å²) in [6, 6.07) is 0. The lowest BCUT2D eigenvalue weighted by atomic mass is 10.8. The van der Waals surface area contributed by atoms with E-state index >= 15 is 0 Å². The first kappa shape index (κ1) is 7.91. The number of imidazole rings is 1. The van der Waals surface area contributed by atoms with Crippen LogP contribution >= 0.6 is 0 Å². The molecule has 0 aliphatic carbocycles. The molecule has 0 aliphatic rings. The van der Waals surface area contributed by atoms with E-state index in [0.29, 0.717) is 6.20 Å². The maximum absolute atomic E-state index is 10.0. The fraction of sp³-hybridized carbons (Fsp3) is 0. The molecule has 0 fully saturated rings. The molecule has 1 heterocycles. The Balaban J connectivity index is 3.22. The van der Waals surface area contributed by atoms with E-state index < -0.39 is 21.6 Å². The van der Waals surface area contributed by atoms with Crippen molar-refractivity contribution in [2.45, 2.75) is 0 Å². The first-order chi connectivity index (χ1) is 5.54. The maximum atomic E-state index is 10.0. The minimum atomic E-state index is -1.03. The van der Waals surface area contributed by atoms with Crippen molar-refractivity contribution in [2.24, 2.45) is 0 Å². The Hall–Kier alpha value is -2.19. The second-order valence-electron chi connectivity index (χ2n) is 1.74. The highest BCUT2D eigenvalue weighted by Gasteiger charge is 2.24. The first-order valence-electron chi connectivity index (χ1n) is 2.60. The summed E-state index contributed by atoms with van der Waals surface area (Å²) in [5.41, 5.74) is 0. The van der Waals surface area contributed by atoms with Gasteiger partial charge in [-0.15, -0.1) is 0 Å². The Kier molecular flexibility index (Phi) is 1.62. The average Bonchev–Trinajstić information content (AvgIpc) is 2.30. The molecule has 0 aromatic carbocycles. The largest absolute Gasteiger partial charge is 0.475 e. The molecule has 64 valence electrons. The summed E-state index contributed by atoms with van der Waals surface area (Å²) in [5.74, 6) is -1.83. The number of rotatable bonds is 2. The molecular weight excluding hydrogens is 172 g/mol. The summed E-state index contributed by atoms with van der Waals surface area (Å²) in [6.07, 6.45) is 0.595. The van der Waals surface area contributed by atoms with Gasteiger partial charge in [0.25, 0.3) is 0 Å². The van der Waals surface area contributed by atoms with Crippen LogP contribution < -0.4 is 0 Å². The molecule has 0 amide bonds. The Morgan fingerprint density at radius 3 is 2.25 bits per heavy atom. The van der Waals surface area contributed by atoms with Gasteiger partial charge in [0, 0.05) is 0 Å². The van der Waals surface area contributed by atoms with Crippen LogP contribution in [0.2, 0.25) is 0 Å². The van der Waals surface area contributed by atoms with Crippen LogP contribution in [0.4, 0.5) is 11.8 Å². The number of nitrogens with zero attached hydrogens (tertiary/aromatic N) is 4. The van der Waals surface area contributed by atoms with Crippen LogP contribution in [0.25, 0.3) is 0 Å². The van der Waals surface area contributed by atoms with Crippen molar-refractivity contribution in [3.8, 4) is 0 Å². The van der Waals surface area contributed by atoms with E-state index in [-0.39, 0.29) is 4.73 Å². The number of hydrogen-bond donors (Lipinski definition) is 1. The van der Waals surface area contributed by atoms with E-state index in [9.17, 15) is 20.2 Å². The summed E-state index contributed by atoms with van der Waals surface area (Å²) in [5, 5.41) is 28.8. The lowest BCUT2D eigenvalue weighted by Gasteiger charge is -1.93. The van der Waals surface area contributed by atoms with E-state index in [2.05, 4.69) is 4.98 Å². The predicted octanol–water partition coefficient (Wildman–Crippen LogP) is -0.0632. The molecule has 0 atom stereocenters. The Morgan fingerprint density at radius 2 is 2.00 bits per heavy atom. The van der Waals surface area contributed by atoms with Gasteiger partial charge < -0.3 is 25.4 Å². The molecule has 1 rings (SSSR count). The first-order valence-corrected chi connectivity index (χ1v) is 2.60. The third-order valence-corrected chi connectivity index (χ3v) is 1.05. The highest BCUT2D eigenvalue weighted by Crippen LogP contribution is 2.16. The second kappa shape index (κ2) is 2.45. The van der Waals surface area contributed by atoms with Gasteiger partial charge in [-0.2, -0.15) is 0 Å². The highest BCUT2D eigenvalue weighted by molar-refractivity contribution is 5.23. The van der Waals surface area contributed by atoms with Gasteiger partial charge >= 0.3 is 11.8 Å². The summed E-state index contributed by atoms with van der Waals surface area (Å²) in [6.45, 7) is 0. The van der Waals surface area contributed by atoms with Crippen molar-refractivity contribution in [1.29, 1.82) is 0 Å². The van der Waals surface area contributed by atoms with Crippen molar-refractivity contribution in [2.75, 3.05) is 0 Å². The van der Waals surface area contributed by atoms with Crippen LogP contribution in [0.3, 0.4) is 0 Å². The van der Waals surface area contributed by atoms with Gasteiger partial charge in [0.2, 0.25) is 0 Å². The SMILES string of the molecule is O=[N+]([O-])c1cnc([N+](=O)[O-])n1O. The molecule has 9 nitrogen and oxygen atoms in total. The van der Waals surface area contributed by atoms with Gasteiger partial charge in [0.1, 0.15) is 0 Å². The van der Waals surface area contributed by atoms with Crippen LogP contribution in [-0.4, -0.2) is 24.8 Å². The average molecular weight is 174 g/mol. The van der Waals surface area contributed by atoms with Crippen molar-refractivity contribution < 1.29 is 15.1 Å². The third kappa shape index (κ3) is 1.02. The van der Waals surface area contributed by atoms with Crippen LogP contribution in [0, 0.1) is 20.2 Å². The number of aromatic nitrogens is 2. The molecule has 0 bridgehead atoms. The standard InChI is InChI=1S/C3H2N4O5/c8-5-2(6(9)10)1-4-3(5)7(11)12/h1,8H. The molecule has 0 unspecified atom stereocenters. The predicted molar refractivity (Wildman–Crippen MR) is 32.7 cm³/mol. The van der Waals surface area contributed by atoms with Crippen molar-refractivity contribution in [1.82, 2.24) is 9.71 Å². The van der Waals surface area contributed by atoms with Gasteiger partial charge in [-0.3, -0.25) is 0 Å². The second-order valence-corrected chi connectivity index (χ2v) is 1.74. The van der Waals surface area contributed by atoms with Crippen LogP contribution in [0.1, 0.15) is 0 Å². The molecule has 1 N–H and O–H groups in total. The van der Waals surface area contributed by atoms with Crippen LogP contribution in [-0.2, 0) is 0 Å². The smallest absolute Gasteiger partial charge is 0.390 e. The maximum Gasteiger partial charge on any atom is 0.475 e. The molecule has 9 heteroatoms. The molecular formula is C3H2N4O5. The van der Waals surface area contributed by atoms with Gasteiger partial charge in [-0.25, -0.2) is 0 Å². The van der Waals surface area contributed by atoms with Gasteiger partial charge in [-0.1, -0.05) is 4.98 Å². The van der Waals surface area contributed by atoms with Crippen LogP contribution in [0.15, 0.2) is 6.20 Å². The van der Waals surface area contributed by atoms with Crippen molar-refractivity contribution >= 4 is 11.8 Å². The van der Waals surface area contributed by atoms with E-state index in [0.717, 1.165) is 0 Å². The zero-order valence-corrected chi connectivity index (χ0v) is 5.45. The van der Waals surface area contributed by atoms with E-state index in [1.54, 1.807) is 0 Å². The normalized spacial score (nSPS) is 9.67. The monoisotopic (exact) mass is 174 g/mol. The van der Waals surface area contributed by atoms with E-state index in [1.807, 2.05) is 0 Å². The lowest BCUT2D eigenvalue weighted by molar-refractivity contribution is -0.416. The van der Waals surface area contributed by atoms with Crippen molar-refractivity contribution in [3.05, 3.63) is 26.4 Å². The summed E-state index contributed by atoms with van der Waals surface area (Å²) >= 11 is 0. The molecule has 1 aromatic heterocycles. The quantitative estimate of drug-likeness (QED) is 0.380. The Morgan fingerprint density at radius 1 is 1.42 bits per heavy atom. The zero-order valence-electron chi connectivity index (χ0n) is 5.45. The summed E-state index contributed by atoms with van der Waals surface area (Å²) in [4.78, 5) is 21.0. The minimum Gasteiger partial charge on any atom is -0.390 e. The van der Waals surface area contributed by atoms with Gasteiger partial charge in [-0.05, 0) is 14.6 Å². The molecule has 0 spiro atoms. The number of nitro groups is 2. The fourth-order valence-electron chi connectivity index (χ4n) is 0.576. The molecule has 0 saturated heterocycles. The lowest BCUT2D eigenvalue weighted by Crippen LogP contribution is -2.02. The van der Waals surface area contributed by atoms with Crippen LogP contribution in [0.5, 0.6) is 0 Å².